The first-order chi connectivity index (χ1) is 9.75. The second-order valence-electron chi connectivity index (χ2n) is 5.20. The fourth-order valence-electron chi connectivity index (χ4n) is 2.82. The molecule has 1 saturated heterocycles. The Morgan fingerprint density at radius 2 is 1.75 bits per heavy atom. The maximum absolute atomic E-state index is 14.0. The molecule has 1 aliphatic heterocycles. The lowest BCUT2D eigenvalue weighted by atomic mass is 9.98. The molecule has 0 bridgehead atoms. The third-order valence-electron chi connectivity index (χ3n) is 3.89. The van der Waals surface area contributed by atoms with Gasteiger partial charge in [-0.15, -0.1) is 0 Å². The van der Waals surface area contributed by atoms with Crippen LogP contribution >= 0.6 is 0 Å². The van der Waals surface area contributed by atoms with E-state index in [2.05, 4.69) is 17.1 Å². The van der Waals surface area contributed by atoms with E-state index in [0.717, 1.165) is 48.6 Å². The van der Waals surface area contributed by atoms with Crippen LogP contribution in [-0.2, 0) is 0 Å². The Kier molecular flexibility index (Phi) is 3.70. The second-order valence-corrected chi connectivity index (χ2v) is 5.20. The summed E-state index contributed by atoms with van der Waals surface area (Å²) in [6.07, 6.45) is 0. The fourth-order valence-corrected chi connectivity index (χ4v) is 2.82. The first-order valence-electron chi connectivity index (χ1n) is 7.07. The first kappa shape index (κ1) is 13.1. The number of nitrogens with one attached hydrogen (secondary N) is 1. The van der Waals surface area contributed by atoms with Gasteiger partial charge in [0.15, 0.2) is 0 Å². The summed E-state index contributed by atoms with van der Waals surface area (Å²) in [6, 6.07) is 13.3. The van der Waals surface area contributed by atoms with Crippen molar-refractivity contribution in [1.82, 2.24) is 5.32 Å². The topological polar surface area (TPSA) is 15.3 Å². The molecule has 1 fully saturated rings. The molecule has 2 aromatic carbocycles. The van der Waals surface area contributed by atoms with Crippen molar-refractivity contribution in [2.24, 2.45) is 0 Å². The van der Waals surface area contributed by atoms with Crippen molar-refractivity contribution < 1.29 is 4.39 Å². The van der Waals surface area contributed by atoms with Crippen LogP contribution in [0.5, 0.6) is 0 Å². The van der Waals surface area contributed by atoms with E-state index in [4.69, 9.17) is 0 Å². The molecule has 0 unspecified atom stereocenters. The molecule has 0 amide bonds. The van der Waals surface area contributed by atoms with E-state index in [1.165, 1.54) is 0 Å². The third kappa shape index (κ3) is 2.54. The van der Waals surface area contributed by atoms with Crippen LogP contribution in [-0.4, -0.2) is 26.2 Å². The van der Waals surface area contributed by atoms with Gasteiger partial charge < -0.3 is 10.2 Å². The molecule has 0 spiro atoms. The summed E-state index contributed by atoms with van der Waals surface area (Å²) in [5.41, 5.74) is 4.23. The highest BCUT2D eigenvalue weighted by atomic mass is 19.1. The summed E-state index contributed by atoms with van der Waals surface area (Å²) in [7, 11) is 0. The summed E-state index contributed by atoms with van der Waals surface area (Å²) < 4.78 is 14.0. The van der Waals surface area contributed by atoms with Gasteiger partial charge in [0.1, 0.15) is 5.82 Å². The normalized spacial score (nSPS) is 15.4. The molecule has 1 heterocycles. The Morgan fingerprint density at radius 3 is 2.45 bits per heavy atom. The summed E-state index contributed by atoms with van der Waals surface area (Å²) in [5, 5.41) is 3.33. The van der Waals surface area contributed by atoms with Crippen LogP contribution < -0.4 is 10.2 Å². The number of halogens is 1. The van der Waals surface area contributed by atoms with Crippen LogP contribution in [0.2, 0.25) is 0 Å². The standard InChI is InChI=1S/C17H19FN2/c1-13-16(14-5-3-2-4-6-14)11-15(18)12-17(13)20-9-7-19-8-10-20/h2-6,11-12,19H,7-10H2,1H3. The van der Waals surface area contributed by atoms with Gasteiger partial charge in [0.05, 0.1) is 0 Å². The van der Waals surface area contributed by atoms with Gasteiger partial charge in [0.25, 0.3) is 0 Å². The van der Waals surface area contributed by atoms with Crippen LogP contribution in [0.15, 0.2) is 42.5 Å². The molecule has 0 aliphatic carbocycles. The lowest BCUT2D eigenvalue weighted by Gasteiger charge is -2.31. The molecule has 3 heteroatoms. The lowest BCUT2D eigenvalue weighted by Crippen LogP contribution is -2.43. The zero-order chi connectivity index (χ0) is 13.9. The monoisotopic (exact) mass is 270 g/mol. The van der Waals surface area contributed by atoms with Crippen LogP contribution in [0.3, 0.4) is 0 Å². The average molecular weight is 270 g/mol. The van der Waals surface area contributed by atoms with E-state index < -0.39 is 0 Å². The van der Waals surface area contributed by atoms with Crippen molar-refractivity contribution in [3.05, 3.63) is 53.8 Å². The summed E-state index contributed by atoms with van der Waals surface area (Å²) >= 11 is 0. The first-order valence-corrected chi connectivity index (χ1v) is 7.07. The molecule has 0 saturated carbocycles. The molecule has 0 aromatic heterocycles. The Bertz CT molecular complexity index is 589. The van der Waals surface area contributed by atoms with Crippen molar-refractivity contribution in [3.8, 4) is 11.1 Å². The van der Waals surface area contributed by atoms with Crippen molar-refractivity contribution in [2.45, 2.75) is 6.92 Å². The van der Waals surface area contributed by atoms with E-state index in [1.807, 2.05) is 30.3 Å². The van der Waals surface area contributed by atoms with E-state index in [-0.39, 0.29) is 5.82 Å². The SMILES string of the molecule is Cc1c(-c2ccccc2)cc(F)cc1N1CCNCC1. The second kappa shape index (κ2) is 5.63. The van der Waals surface area contributed by atoms with Gasteiger partial charge in [-0.1, -0.05) is 30.3 Å². The molecule has 2 nitrogen and oxygen atoms in total. The highest BCUT2D eigenvalue weighted by Crippen LogP contribution is 2.32. The minimum Gasteiger partial charge on any atom is -0.369 e. The molecule has 0 radical (unpaired) electrons. The predicted octanol–water partition coefficient (Wildman–Crippen LogP) is 3.21. The fraction of sp³-hybridized carbons (Fsp3) is 0.294. The molecule has 3 rings (SSSR count). The van der Waals surface area contributed by atoms with Gasteiger partial charge in [0, 0.05) is 31.9 Å². The van der Waals surface area contributed by atoms with Crippen LogP contribution in [0, 0.1) is 12.7 Å². The smallest absolute Gasteiger partial charge is 0.125 e. The highest BCUT2D eigenvalue weighted by Gasteiger charge is 2.16. The Morgan fingerprint density at radius 1 is 1.05 bits per heavy atom. The van der Waals surface area contributed by atoms with Crippen LogP contribution in [0.1, 0.15) is 5.56 Å². The minimum atomic E-state index is -0.164. The van der Waals surface area contributed by atoms with E-state index in [1.54, 1.807) is 12.1 Å². The summed E-state index contributed by atoms with van der Waals surface area (Å²) in [5.74, 6) is -0.164. The number of benzene rings is 2. The zero-order valence-electron chi connectivity index (χ0n) is 11.7. The number of piperazine rings is 1. The molecule has 2 aromatic rings. The van der Waals surface area contributed by atoms with Gasteiger partial charge in [-0.05, 0) is 35.7 Å². The molecule has 0 atom stereocenters. The third-order valence-corrected chi connectivity index (χ3v) is 3.89. The Balaban J connectivity index is 2.06. The number of anilines is 1. The van der Waals surface area contributed by atoms with Gasteiger partial charge >= 0.3 is 0 Å². The average Bonchev–Trinajstić information content (AvgIpc) is 2.51. The summed E-state index contributed by atoms with van der Waals surface area (Å²) in [4.78, 5) is 2.27. The van der Waals surface area contributed by atoms with Crippen LogP contribution in [0.25, 0.3) is 11.1 Å². The van der Waals surface area contributed by atoms with E-state index in [0.29, 0.717) is 0 Å². The summed E-state index contributed by atoms with van der Waals surface area (Å²) in [6.45, 7) is 5.85. The number of rotatable bonds is 2. The van der Waals surface area contributed by atoms with Gasteiger partial charge in [-0.2, -0.15) is 0 Å². The van der Waals surface area contributed by atoms with Gasteiger partial charge in [-0.25, -0.2) is 4.39 Å². The maximum atomic E-state index is 14.0. The van der Waals surface area contributed by atoms with Crippen molar-refractivity contribution >= 4 is 5.69 Å². The van der Waals surface area contributed by atoms with E-state index >= 15 is 0 Å². The molecular formula is C17H19FN2. The van der Waals surface area contributed by atoms with Crippen molar-refractivity contribution in [1.29, 1.82) is 0 Å². The molecule has 20 heavy (non-hydrogen) atoms. The zero-order valence-corrected chi connectivity index (χ0v) is 11.7. The highest BCUT2D eigenvalue weighted by molar-refractivity contribution is 5.74. The van der Waals surface area contributed by atoms with Crippen molar-refractivity contribution in [3.63, 3.8) is 0 Å². The largest absolute Gasteiger partial charge is 0.369 e. The maximum Gasteiger partial charge on any atom is 0.125 e. The van der Waals surface area contributed by atoms with Crippen LogP contribution in [0.4, 0.5) is 10.1 Å². The minimum absolute atomic E-state index is 0.164. The predicted molar refractivity (Wildman–Crippen MR) is 81.7 cm³/mol. The molecule has 1 N–H and O–H groups in total. The Labute approximate surface area is 119 Å². The number of hydrogen-bond donors (Lipinski definition) is 1. The quantitative estimate of drug-likeness (QED) is 0.901. The number of hydrogen-bond acceptors (Lipinski definition) is 2. The molecular weight excluding hydrogens is 251 g/mol. The lowest BCUT2D eigenvalue weighted by molar-refractivity contribution is 0.584. The van der Waals surface area contributed by atoms with Crippen molar-refractivity contribution in [2.75, 3.05) is 31.1 Å². The number of nitrogens with zero attached hydrogens (tertiary/aromatic N) is 1. The molecule has 104 valence electrons. The van der Waals surface area contributed by atoms with Gasteiger partial charge in [-0.3, -0.25) is 0 Å². The Hall–Kier alpha value is -1.87. The van der Waals surface area contributed by atoms with E-state index in [9.17, 15) is 4.39 Å². The van der Waals surface area contributed by atoms with Gasteiger partial charge in [0.2, 0.25) is 0 Å². The molecule has 1 aliphatic rings.